The van der Waals surface area contributed by atoms with E-state index in [9.17, 15) is 0 Å². The summed E-state index contributed by atoms with van der Waals surface area (Å²) in [4.78, 5) is 13.1. The molecule has 3 heterocycles. The van der Waals surface area contributed by atoms with Gasteiger partial charge in [-0.05, 0) is 23.8 Å². The van der Waals surface area contributed by atoms with E-state index < -0.39 is 0 Å². The van der Waals surface area contributed by atoms with Crippen molar-refractivity contribution in [1.29, 1.82) is 0 Å². The van der Waals surface area contributed by atoms with Gasteiger partial charge >= 0.3 is 0 Å². The molecule has 0 fully saturated rings. The molecule has 1 atom stereocenters. The van der Waals surface area contributed by atoms with Crippen LogP contribution in [0.15, 0.2) is 66.2 Å². The number of aliphatic imine (C=N–C) groups is 1. The molecule has 24 heavy (non-hydrogen) atoms. The maximum Gasteiger partial charge on any atom is 0.133 e. The van der Waals surface area contributed by atoms with Crippen LogP contribution in [0.4, 0.5) is 0 Å². The van der Waals surface area contributed by atoms with E-state index in [0.717, 1.165) is 39.5 Å². The Kier molecular flexibility index (Phi) is 2.97. The molecule has 0 amide bonds. The summed E-state index contributed by atoms with van der Waals surface area (Å²) >= 11 is 1.74. The van der Waals surface area contributed by atoms with Gasteiger partial charge in [-0.25, -0.2) is 9.97 Å². The molecule has 0 bridgehead atoms. The molecule has 1 aromatic heterocycles. The van der Waals surface area contributed by atoms with Gasteiger partial charge in [0, 0.05) is 34.8 Å². The van der Waals surface area contributed by atoms with E-state index in [-0.39, 0.29) is 5.54 Å². The zero-order valence-corrected chi connectivity index (χ0v) is 13.5. The van der Waals surface area contributed by atoms with Gasteiger partial charge in [-0.3, -0.25) is 4.99 Å². The monoisotopic (exact) mass is 331 g/mol. The lowest BCUT2D eigenvalue weighted by molar-refractivity contribution is 0.416. The first kappa shape index (κ1) is 13.7. The third-order valence-electron chi connectivity index (χ3n) is 4.51. The molecule has 0 saturated carbocycles. The Bertz CT molecular complexity index is 958. The summed E-state index contributed by atoms with van der Waals surface area (Å²) in [7, 11) is 0. The van der Waals surface area contributed by atoms with Gasteiger partial charge in [-0.2, -0.15) is 0 Å². The van der Waals surface area contributed by atoms with Gasteiger partial charge < -0.3 is 4.74 Å². The minimum absolute atomic E-state index is 0.375. The van der Waals surface area contributed by atoms with Gasteiger partial charge in [0.1, 0.15) is 23.4 Å². The van der Waals surface area contributed by atoms with Crippen LogP contribution >= 0.6 is 11.8 Å². The fourth-order valence-corrected chi connectivity index (χ4v) is 4.30. The SMILES string of the molecule is C1=NC2(CS1)c1ccccc1Oc1ccc(-c3cncnc3)cc12. The molecule has 2 aliphatic heterocycles. The van der Waals surface area contributed by atoms with Gasteiger partial charge in [0.05, 0.1) is 5.55 Å². The number of thioether (sulfide) groups is 1. The minimum atomic E-state index is -0.375. The summed E-state index contributed by atoms with van der Waals surface area (Å²) in [6, 6.07) is 14.4. The van der Waals surface area contributed by atoms with E-state index in [1.165, 1.54) is 0 Å². The summed E-state index contributed by atoms with van der Waals surface area (Å²) in [6.45, 7) is 0. The summed E-state index contributed by atoms with van der Waals surface area (Å²) in [6.07, 6.45) is 5.19. The number of nitrogens with zero attached hydrogens (tertiary/aromatic N) is 3. The summed E-state index contributed by atoms with van der Waals surface area (Å²) in [5, 5.41) is 0. The van der Waals surface area contributed by atoms with E-state index in [2.05, 4.69) is 22.1 Å². The Morgan fingerprint density at radius 1 is 0.917 bits per heavy atom. The molecule has 4 nitrogen and oxygen atoms in total. The molecule has 0 N–H and O–H groups in total. The van der Waals surface area contributed by atoms with E-state index >= 15 is 0 Å². The Hall–Kier alpha value is -2.66. The largest absolute Gasteiger partial charge is 0.457 e. The highest BCUT2D eigenvalue weighted by Crippen LogP contribution is 2.52. The van der Waals surface area contributed by atoms with Gasteiger partial charge in [-0.1, -0.05) is 24.3 Å². The van der Waals surface area contributed by atoms with Crippen molar-refractivity contribution >= 4 is 17.3 Å². The molecule has 5 rings (SSSR count). The van der Waals surface area contributed by atoms with Gasteiger partial charge in [0.2, 0.25) is 0 Å². The van der Waals surface area contributed by atoms with Crippen LogP contribution < -0.4 is 4.74 Å². The molecular weight excluding hydrogens is 318 g/mol. The van der Waals surface area contributed by atoms with Gasteiger partial charge in [0.25, 0.3) is 0 Å². The van der Waals surface area contributed by atoms with E-state index in [1.54, 1.807) is 18.1 Å². The molecule has 2 aliphatic rings. The predicted octanol–water partition coefficient (Wildman–Crippen LogP) is 4.27. The highest BCUT2D eigenvalue weighted by molar-refractivity contribution is 8.12. The number of hydrogen-bond donors (Lipinski definition) is 0. The Morgan fingerprint density at radius 3 is 2.58 bits per heavy atom. The smallest absolute Gasteiger partial charge is 0.133 e. The van der Waals surface area contributed by atoms with Crippen LogP contribution in [0.25, 0.3) is 11.1 Å². The van der Waals surface area contributed by atoms with Crippen LogP contribution in [0.5, 0.6) is 11.5 Å². The number of ether oxygens (including phenoxy) is 1. The van der Waals surface area contributed by atoms with Gasteiger partial charge in [0.15, 0.2) is 0 Å². The molecule has 1 spiro atoms. The number of rotatable bonds is 1. The molecule has 0 saturated heterocycles. The van der Waals surface area contributed by atoms with Crippen LogP contribution in [0.2, 0.25) is 0 Å². The van der Waals surface area contributed by atoms with Crippen molar-refractivity contribution in [3.8, 4) is 22.6 Å². The fraction of sp³-hybridized carbons (Fsp3) is 0.105. The van der Waals surface area contributed by atoms with Crippen LogP contribution in [0.1, 0.15) is 11.1 Å². The second-order valence-corrected chi connectivity index (χ2v) is 6.67. The molecule has 116 valence electrons. The second kappa shape index (κ2) is 5.18. The molecular formula is C19H13N3OS. The summed E-state index contributed by atoms with van der Waals surface area (Å²) in [5.41, 5.74) is 5.86. The Balaban J connectivity index is 1.74. The molecule has 3 aromatic rings. The minimum Gasteiger partial charge on any atom is -0.457 e. The summed E-state index contributed by atoms with van der Waals surface area (Å²) in [5.74, 6) is 2.64. The standard InChI is InChI=1S/C19H13N3OS/c1-2-4-17-15(3-1)19(10-24-12-22-19)16-7-13(5-6-18(16)23-17)14-8-20-11-21-9-14/h1-9,11-12H,10H2. The first-order valence-corrected chi connectivity index (χ1v) is 8.74. The lowest BCUT2D eigenvalue weighted by Crippen LogP contribution is -2.29. The zero-order valence-electron chi connectivity index (χ0n) is 12.7. The number of benzene rings is 2. The quantitative estimate of drug-likeness (QED) is 0.668. The first-order chi connectivity index (χ1) is 11.9. The lowest BCUT2D eigenvalue weighted by atomic mass is 9.81. The average molecular weight is 331 g/mol. The summed E-state index contributed by atoms with van der Waals surface area (Å²) < 4.78 is 6.14. The maximum absolute atomic E-state index is 6.14. The van der Waals surface area contributed by atoms with Crippen LogP contribution in [-0.4, -0.2) is 21.3 Å². The first-order valence-electron chi connectivity index (χ1n) is 7.69. The molecule has 0 aliphatic carbocycles. The maximum atomic E-state index is 6.14. The average Bonchev–Trinajstić information content (AvgIpc) is 3.13. The number of fused-ring (bicyclic) bond motifs is 4. The fourth-order valence-electron chi connectivity index (χ4n) is 3.35. The topological polar surface area (TPSA) is 47.4 Å². The van der Waals surface area contributed by atoms with E-state index in [4.69, 9.17) is 9.73 Å². The predicted molar refractivity (Wildman–Crippen MR) is 95.7 cm³/mol. The molecule has 0 radical (unpaired) electrons. The normalized spacial score (nSPS) is 20.5. The Labute approximate surface area is 143 Å². The number of para-hydroxylation sites is 1. The van der Waals surface area contributed by atoms with Crippen molar-refractivity contribution in [1.82, 2.24) is 9.97 Å². The van der Waals surface area contributed by atoms with Crippen molar-refractivity contribution in [2.24, 2.45) is 4.99 Å². The molecule has 2 aromatic carbocycles. The van der Waals surface area contributed by atoms with Crippen molar-refractivity contribution in [3.05, 3.63) is 72.3 Å². The van der Waals surface area contributed by atoms with Crippen molar-refractivity contribution < 1.29 is 4.74 Å². The Morgan fingerprint density at radius 2 is 1.75 bits per heavy atom. The van der Waals surface area contributed by atoms with Crippen molar-refractivity contribution in [2.45, 2.75) is 5.54 Å². The lowest BCUT2D eigenvalue weighted by Gasteiger charge is -2.34. The van der Waals surface area contributed by atoms with E-state index in [1.807, 2.05) is 48.3 Å². The van der Waals surface area contributed by atoms with Crippen LogP contribution in [0, 0.1) is 0 Å². The second-order valence-electron chi connectivity index (χ2n) is 5.84. The van der Waals surface area contributed by atoms with Crippen LogP contribution in [0.3, 0.4) is 0 Å². The van der Waals surface area contributed by atoms with Crippen molar-refractivity contribution in [2.75, 3.05) is 5.75 Å². The third-order valence-corrected chi connectivity index (χ3v) is 5.35. The van der Waals surface area contributed by atoms with E-state index in [0.29, 0.717) is 0 Å². The molecule has 1 unspecified atom stereocenters. The highest BCUT2D eigenvalue weighted by Gasteiger charge is 2.43. The van der Waals surface area contributed by atoms with Gasteiger partial charge in [-0.15, -0.1) is 11.8 Å². The molecule has 5 heteroatoms. The van der Waals surface area contributed by atoms with Crippen molar-refractivity contribution in [3.63, 3.8) is 0 Å². The zero-order chi connectivity index (χ0) is 16.0. The van der Waals surface area contributed by atoms with Crippen LogP contribution in [-0.2, 0) is 5.54 Å². The number of aromatic nitrogens is 2. The highest BCUT2D eigenvalue weighted by atomic mass is 32.2. The number of hydrogen-bond acceptors (Lipinski definition) is 5. The third kappa shape index (κ3) is 1.91.